The summed E-state index contributed by atoms with van der Waals surface area (Å²) in [5.74, 6) is 1.67. The standard InChI is InChI=1S/C19H18N4O2S/c1-11-17(21-22-19(24)26-11)12-7-8-16-15(10-12)20-18(23(16)2)13-5-4-6-14(9-13)25-3/h4-11H,1-3H3,(H,22,24). The normalized spacial score (nSPS) is 17.1. The summed E-state index contributed by atoms with van der Waals surface area (Å²) in [4.78, 5) is 16.3. The van der Waals surface area contributed by atoms with E-state index in [1.165, 1.54) is 11.8 Å². The van der Waals surface area contributed by atoms with E-state index in [0.29, 0.717) is 0 Å². The molecule has 6 nitrogen and oxygen atoms in total. The van der Waals surface area contributed by atoms with Crippen molar-refractivity contribution in [1.82, 2.24) is 15.0 Å². The molecular formula is C19H18N4O2S. The lowest BCUT2D eigenvalue weighted by atomic mass is 10.1. The number of amides is 1. The van der Waals surface area contributed by atoms with Crippen LogP contribution in [0, 0.1) is 0 Å². The molecule has 1 amide bonds. The third-order valence-corrected chi connectivity index (χ3v) is 5.32. The number of aryl methyl sites for hydroxylation is 1. The highest BCUT2D eigenvalue weighted by Gasteiger charge is 2.23. The molecule has 132 valence electrons. The number of methoxy groups -OCH3 is 1. The van der Waals surface area contributed by atoms with Gasteiger partial charge in [0.1, 0.15) is 11.6 Å². The van der Waals surface area contributed by atoms with Crippen molar-refractivity contribution in [2.24, 2.45) is 12.1 Å². The molecule has 1 aliphatic rings. The zero-order valence-corrected chi connectivity index (χ0v) is 15.5. The third-order valence-electron chi connectivity index (χ3n) is 4.44. The van der Waals surface area contributed by atoms with Crippen LogP contribution < -0.4 is 10.2 Å². The van der Waals surface area contributed by atoms with Crippen LogP contribution in [0.15, 0.2) is 47.6 Å². The summed E-state index contributed by atoms with van der Waals surface area (Å²) in [6.45, 7) is 1.98. The van der Waals surface area contributed by atoms with Crippen LogP contribution >= 0.6 is 11.8 Å². The third kappa shape index (κ3) is 2.84. The van der Waals surface area contributed by atoms with Gasteiger partial charge in [0.05, 0.1) is 29.1 Å². The maximum absolute atomic E-state index is 11.4. The second-order valence-corrected chi connectivity index (χ2v) is 7.40. The van der Waals surface area contributed by atoms with Gasteiger partial charge in [-0.25, -0.2) is 10.4 Å². The fourth-order valence-electron chi connectivity index (χ4n) is 3.12. The Morgan fingerprint density at radius 1 is 1.19 bits per heavy atom. The molecule has 1 N–H and O–H groups in total. The maximum Gasteiger partial charge on any atom is 0.299 e. The lowest BCUT2D eigenvalue weighted by Gasteiger charge is -2.18. The number of hydrazone groups is 1. The Kier molecular flexibility index (Phi) is 4.16. The summed E-state index contributed by atoms with van der Waals surface area (Å²) < 4.78 is 7.39. The minimum absolute atomic E-state index is 0.00256. The minimum Gasteiger partial charge on any atom is -0.497 e. The first-order valence-electron chi connectivity index (χ1n) is 8.22. The maximum atomic E-state index is 11.4. The average molecular weight is 366 g/mol. The van der Waals surface area contributed by atoms with Crippen LogP contribution in [0.5, 0.6) is 5.75 Å². The van der Waals surface area contributed by atoms with Crippen LogP contribution in [0.3, 0.4) is 0 Å². The smallest absolute Gasteiger partial charge is 0.299 e. The molecule has 1 atom stereocenters. The molecular weight excluding hydrogens is 348 g/mol. The number of aromatic nitrogens is 2. The number of thioether (sulfide) groups is 1. The number of hydrogen-bond acceptors (Lipinski definition) is 5. The van der Waals surface area contributed by atoms with E-state index in [4.69, 9.17) is 9.72 Å². The molecule has 4 rings (SSSR count). The quantitative estimate of drug-likeness (QED) is 0.766. The summed E-state index contributed by atoms with van der Waals surface area (Å²) in [5, 5.41) is 4.10. The van der Waals surface area contributed by atoms with Crippen molar-refractivity contribution < 1.29 is 9.53 Å². The number of fused-ring (bicyclic) bond motifs is 1. The van der Waals surface area contributed by atoms with E-state index < -0.39 is 0 Å². The monoisotopic (exact) mass is 366 g/mol. The molecule has 1 aliphatic heterocycles. The number of benzene rings is 2. The molecule has 1 unspecified atom stereocenters. The molecule has 2 heterocycles. The summed E-state index contributed by atoms with van der Waals surface area (Å²) in [7, 11) is 3.66. The van der Waals surface area contributed by atoms with Crippen molar-refractivity contribution in [3.63, 3.8) is 0 Å². The number of imidazole rings is 1. The summed E-state index contributed by atoms with van der Waals surface area (Å²) >= 11 is 1.24. The SMILES string of the molecule is COc1cccc(-c2nc3cc(C4=NNC(=O)SC4C)ccc3n2C)c1. The van der Waals surface area contributed by atoms with E-state index >= 15 is 0 Å². The summed E-state index contributed by atoms with van der Waals surface area (Å²) in [6.07, 6.45) is 0. The fraction of sp³-hybridized carbons (Fsp3) is 0.211. The summed E-state index contributed by atoms with van der Waals surface area (Å²) in [6, 6.07) is 13.9. The van der Waals surface area contributed by atoms with Crippen molar-refractivity contribution in [3.8, 4) is 17.1 Å². The highest BCUT2D eigenvalue weighted by molar-refractivity contribution is 8.14. The molecule has 1 aromatic heterocycles. The Balaban J connectivity index is 1.79. The molecule has 0 radical (unpaired) electrons. The highest BCUT2D eigenvalue weighted by atomic mass is 32.2. The van der Waals surface area contributed by atoms with Gasteiger partial charge in [0.15, 0.2) is 0 Å². The predicted molar refractivity (Wildman–Crippen MR) is 105 cm³/mol. The number of hydrogen-bond donors (Lipinski definition) is 1. The first-order chi connectivity index (χ1) is 12.6. The second-order valence-electron chi connectivity index (χ2n) is 6.09. The van der Waals surface area contributed by atoms with Gasteiger partial charge in [0.2, 0.25) is 0 Å². The van der Waals surface area contributed by atoms with Gasteiger partial charge in [-0.1, -0.05) is 30.0 Å². The van der Waals surface area contributed by atoms with E-state index in [1.54, 1.807) is 7.11 Å². The van der Waals surface area contributed by atoms with Crippen molar-refractivity contribution in [3.05, 3.63) is 48.0 Å². The van der Waals surface area contributed by atoms with Gasteiger partial charge in [-0.15, -0.1) is 0 Å². The Hall–Kier alpha value is -2.80. The van der Waals surface area contributed by atoms with E-state index in [2.05, 4.69) is 15.1 Å². The Morgan fingerprint density at radius 2 is 2.04 bits per heavy atom. The van der Waals surface area contributed by atoms with Crippen LogP contribution in [-0.2, 0) is 7.05 Å². The molecule has 3 aromatic rings. The molecule has 2 aromatic carbocycles. The van der Waals surface area contributed by atoms with Crippen molar-refractivity contribution in [2.45, 2.75) is 12.2 Å². The molecule has 0 fully saturated rings. The number of carbonyl (C=O) groups is 1. The van der Waals surface area contributed by atoms with Gasteiger partial charge < -0.3 is 9.30 Å². The first kappa shape index (κ1) is 16.7. The number of nitrogens with one attached hydrogen (secondary N) is 1. The van der Waals surface area contributed by atoms with Crippen LogP contribution in [0.1, 0.15) is 12.5 Å². The molecule has 26 heavy (non-hydrogen) atoms. The zero-order valence-electron chi connectivity index (χ0n) is 14.7. The van der Waals surface area contributed by atoms with Gasteiger partial charge in [0, 0.05) is 18.2 Å². The van der Waals surface area contributed by atoms with Gasteiger partial charge in [-0.3, -0.25) is 4.79 Å². The second kappa shape index (κ2) is 6.49. The Morgan fingerprint density at radius 3 is 2.81 bits per heavy atom. The van der Waals surface area contributed by atoms with Crippen LogP contribution in [-0.4, -0.2) is 32.9 Å². The minimum atomic E-state index is -0.125. The van der Waals surface area contributed by atoms with Crippen LogP contribution in [0.2, 0.25) is 0 Å². The zero-order chi connectivity index (χ0) is 18.3. The van der Waals surface area contributed by atoms with Gasteiger partial charge in [-0.2, -0.15) is 5.10 Å². The number of carbonyl (C=O) groups excluding carboxylic acids is 1. The molecule has 0 aliphatic carbocycles. The van der Waals surface area contributed by atoms with Crippen molar-refractivity contribution in [2.75, 3.05) is 7.11 Å². The first-order valence-corrected chi connectivity index (χ1v) is 9.10. The van der Waals surface area contributed by atoms with Gasteiger partial charge >= 0.3 is 0 Å². The Bertz CT molecular complexity index is 1040. The summed E-state index contributed by atoms with van der Waals surface area (Å²) in [5.41, 5.74) is 7.27. The molecule has 0 saturated carbocycles. The largest absolute Gasteiger partial charge is 0.497 e. The lowest BCUT2D eigenvalue weighted by molar-refractivity contribution is 0.261. The van der Waals surface area contributed by atoms with E-state index in [0.717, 1.165) is 39.4 Å². The number of nitrogens with zero attached hydrogens (tertiary/aromatic N) is 3. The fourth-order valence-corrected chi connectivity index (χ4v) is 3.84. The van der Waals surface area contributed by atoms with Gasteiger partial charge in [-0.05, 0) is 31.2 Å². The van der Waals surface area contributed by atoms with Crippen LogP contribution in [0.25, 0.3) is 22.4 Å². The predicted octanol–water partition coefficient (Wildman–Crippen LogP) is 3.80. The topological polar surface area (TPSA) is 68.5 Å². The van der Waals surface area contributed by atoms with E-state index in [1.807, 2.05) is 56.4 Å². The van der Waals surface area contributed by atoms with Crippen LogP contribution in [0.4, 0.5) is 4.79 Å². The molecule has 0 saturated heterocycles. The van der Waals surface area contributed by atoms with Gasteiger partial charge in [0.25, 0.3) is 5.24 Å². The highest BCUT2D eigenvalue weighted by Crippen LogP contribution is 2.28. The lowest BCUT2D eigenvalue weighted by Crippen LogP contribution is -2.29. The molecule has 0 spiro atoms. The van der Waals surface area contributed by atoms with Crippen molar-refractivity contribution >= 4 is 33.7 Å². The number of ether oxygens (including phenoxy) is 1. The average Bonchev–Trinajstić information content (AvgIpc) is 2.98. The Labute approximate surface area is 155 Å². The number of rotatable bonds is 3. The molecule has 0 bridgehead atoms. The van der Waals surface area contributed by atoms with Crippen molar-refractivity contribution in [1.29, 1.82) is 0 Å². The van der Waals surface area contributed by atoms with E-state index in [-0.39, 0.29) is 10.5 Å². The van der Waals surface area contributed by atoms with E-state index in [9.17, 15) is 4.79 Å². The molecule has 7 heteroatoms.